The number of hydrogen-bond donors (Lipinski definition) is 1. The van der Waals surface area contributed by atoms with Crippen molar-refractivity contribution in [1.82, 2.24) is 9.55 Å². The summed E-state index contributed by atoms with van der Waals surface area (Å²) in [5.41, 5.74) is 3.09. The Kier molecular flexibility index (Phi) is 5.57. The molecule has 5 nitrogen and oxygen atoms in total. The number of aromatic nitrogens is 2. The Labute approximate surface area is 167 Å². The first-order valence-corrected chi connectivity index (χ1v) is 8.49. The normalized spacial score (nSPS) is 10.4. The monoisotopic (exact) mass is 392 g/mol. The van der Waals surface area contributed by atoms with E-state index in [1.54, 1.807) is 18.2 Å². The summed E-state index contributed by atoms with van der Waals surface area (Å²) in [7, 11) is 0. The fraction of sp³-hybridized carbons (Fsp3) is 0.0455. The zero-order chi connectivity index (χ0) is 18.8. The van der Waals surface area contributed by atoms with Gasteiger partial charge in [0.25, 0.3) is 0 Å². The van der Waals surface area contributed by atoms with Gasteiger partial charge in [0.1, 0.15) is 0 Å². The number of hydrogen-bond acceptors (Lipinski definition) is 3. The Hall–Kier alpha value is -3.44. The van der Waals surface area contributed by atoms with Crippen molar-refractivity contribution in [1.29, 1.82) is 0 Å². The number of para-hydroxylation sites is 1. The van der Waals surface area contributed by atoms with Crippen molar-refractivity contribution in [3.05, 3.63) is 102 Å². The molecule has 2 aromatic carbocycles. The molecular weight excluding hydrogens is 376 g/mol. The molecule has 28 heavy (non-hydrogen) atoms. The molecule has 0 atom stereocenters. The molecule has 0 aliphatic carbocycles. The van der Waals surface area contributed by atoms with Gasteiger partial charge in [-0.3, -0.25) is 9.78 Å². The second-order valence-corrected chi connectivity index (χ2v) is 6.27. The van der Waals surface area contributed by atoms with Crippen molar-refractivity contribution in [2.45, 2.75) is 6.54 Å². The molecule has 0 aliphatic heterocycles. The minimum atomic E-state index is -1.01. The first-order valence-electron chi connectivity index (χ1n) is 8.49. The average molecular weight is 393 g/mol. The Morgan fingerprint density at radius 2 is 1.64 bits per heavy atom. The Morgan fingerprint density at radius 1 is 0.929 bits per heavy atom. The highest BCUT2D eigenvalue weighted by atomic mass is 35.5. The van der Waals surface area contributed by atoms with Gasteiger partial charge >= 0.3 is 5.97 Å². The van der Waals surface area contributed by atoms with Gasteiger partial charge < -0.3 is 9.67 Å². The van der Waals surface area contributed by atoms with Gasteiger partial charge in [-0.1, -0.05) is 30.3 Å². The summed E-state index contributed by atoms with van der Waals surface area (Å²) in [6.07, 6.45) is 3.67. The fourth-order valence-electron chi connectivity index (χ4n) is 3.07. The van der Waals surface area contributed by atoms with Gasteiger partial charge in [-0.05, 0) is 42.0 Å². The SMILES string of the molecule is Cl.O=C(O)c1ccc(C(=O)c2cccn2Cc2cnc3ccccc3c2)cc1. The molecule has 2 heterocycles. The van der Waals surface area contributed by atoms with Gasteiger partial charge in [0.05, 0.1) is 16.8 Å². The van der Waals surface area contributed by atoms with Crippen molar-refractivity contribution >= 4 is 35.1 Å². The molecule has 2 aromatic heterocycles. The number of pyridine rings is 1. The molecule has 4 aromatic rings. The van der Waals surface area contributed by atoms with Crippen LogP contribution in [0.5, 0.6) is 0 Å². The summed E-state index contributed by atoms with van der Waals surface area (Å²) in [4.78, 5) is 28.3. The van der Waals surface area contributed by atoms with Crippen LogP contribution in [0.25, 0.3) is 10.9 Å². The van der Waals surface area contributed by atoms with E-state index in [0.29, 0.717) is 17.8 Å². The molecule has 0 amide bonds. The second kappa shape index (κ2) is 8.06. The summed E-state index contributed by atoms with van der Waals surface area (Å²) in [5, 5.41) is 10.0. The number of benzene rings is 2. The molecule has 6 heteroatoms. The third kappa shape index (κ3) is 3.80. The minimum Gasteiger partial charge on any atom is -0.478 e. The third-order valence-electron chi connectivity index (χ3n) is 4.46. The molecule has 0 unspecified atom stereocenters. The molecule has 0 saturated carbocycles. The number of fused-ring (bicyclic) bond motifs is 1. The van der Waals surface area contributed by atoms with Gasteiger partial charge in [0, 0.05) is 29.9 Å². The van der Waals surface area contributed by atoms with E-state index >= 15 is 0 Å². The van der Waals surface area contributed by atoms with Crippen molar-refractivity contribution in [2.75, 3.05) is 0 Å². The summed E-state index contributed by atoms with van der Waals surface area (Å²) in [6.45, 7) is 0.527. The van der Waals surface area contributed by atoms with E-state index in [0.717, 1.165) is 16.5 Å². The number of rotatable bonds is 5. The Balaban J connectivity index is 0.00000225. The van der Waals surface area contributed by atoms with Gasteiger partial charge in [-0.25, -0.2) is 4.79 Å². The zero-order valence-corrected chi connectivity index (χ0v) is 15.6. The topological polar surface area (TPSA) is 72.2 Å². The highest BCUT2D eigenvalue weighted by molar-refractivity contribution is 6.08. The number of carboxylic acids is 1. The first kappa shape index (κ1) is 19.3. The van der Waals surface area contributed by atoms with E-state index < -0.39 is 5.97 Å². The van der Waals surface area contributed by atoms with E-state index in [-0.39, 0.29) is 23.8 Å². The lowest BCUT2D eigenvalue weighted by molar-refractivity contribution is 0.0696. The van der Waals surface area contributed by atoms with E-state index in [2.05, 4.69) is 11.1 Å². The summed E-state index contributed by atoms with van der Waals surface area (Å²) in [6, 6.07) is 19.5. The number of carbonyl (C=O) groups is 2. The van der Waals surface area contributed by atoms with E-state index in [1.807, 2.05) is 47.3 Å². The van der Waals surface area contributed by atoms with Gasteiger partial charge in [0.2, 0.25) is 5.78 Å². The van der Waals surface area contributed by atoms with Gasteiger partial charge in [0.15, 0.2) is 0 Å². The fourth-order valence-corrected chi connectivity index (χ4v) is 3.07. The van der Waals surface area contributed by atoms with Crippen LogP contribution in [-0.4, -0.2) is 26.4 Å². The predicted octanol–water partition coefficient (Wildman–Crippen LogP) is 4.44. The number of carbonyl (C=O) groups excluding carboxylic acids is 1. The molecule has 0 fully saturated rings. The number of aromatic carboxylic acids is 1. The molecule has 0 bridgehead atoms. The van der Waals surface area contributed by atoms with Crippen molar-refractivity contribution in [3.63, 3.8) is 0 Å². The molecule has 0 radical (unpaired) electrons. The lowest BCUT2D eigenvalue weighted by atomic mass is 10.1. The van der Waals surface area contributed by atoms with Crippen molar-refractivity contribution in [3.8, 4) is 0 Å². The van der Waals surface area contributed by atoms with Crippen LogP contribution in [-0.2, 0) is 6.54 Å². The maximum Gasteiger partial charge on any atom is 0.335 e. The van der Waals surface area contributed by atoms with Crippen LogP contribution in [0.15, 0.2) is 79.1 Å². The average Bonchev–Trinajstić information content (AvgIpc) is 3.15. The maximum absolute atomic E-state index is 12.8. The number of ketones is 1. The smallest absolute Gasteiger partial charge is 0.335 e. The van der Waals surface area contributed by atoms with Crippen LogP contribution in [0.1, 0.15) is 32.0 Å². The van der Waals surface area contributed by atoms with Crippen molar-refractivity contribution < 1.29 is 14.7 Å². The van der Waals surface area contributed by atoms with Crippen LogP contribution in [0.4, 0.5) is 0 Å². The number of carboxylic acid groups (broad SMARTS) is 1. The second-order valence-electron chi connectivity index (χ2n) is 6.27. The molecule has 140 valence electrons. The minimum absolute atomic E-state index is 0. The predicted molar refractivity (Wildman–Crippen MR) is 109 cm³/mol. The van der Waals surface area contributed by atoms with E-state index in [9.17, 15) is 9.59 Å². The Bertz CT molecular complexity index is 1150. The van der Waals surface area contributed by atoms with Crippen LogP contribution in [0, 0.1) is 0 Å². The number of nitrogens with zero attached hydrogens (tertiary/aromatic N) is 2. The number of halogens is 1. The maximum atomic E-state index is 12.8. The molecule has 0 aliphatic rings. The van der Waals surface area contributed by atoms with Gasteiger partial charge in [-0.2, -0.15) is 0 Å². The van der Waals surface area contributed by atoms with E-state index in [4.69, 9.17) is 5.11 Å². The van der Waals surface area contributed by atoms with E-state index in [1.165, 1.54) is 12.1 Å². The summed E-state index contributed by atoms with van der Waals surface area (Å²) in [5.74, 6) is -1.16. The molecule has 0 saturated heterocycles. The quantitative estimate of drug-likeness (QED) is 0.510. The molecular formula is C22H17ClN2O3. The van der Waals surface area contributed by atoms with Crippen LogP contribution < -0.4 is 0 Å². The molecule has 1 N–H and O–H groups in total. The van der Waals surface area contributed by atoms with Crippen LogP contribution in [0.2, 0.25) is 0 Å². The van der Waals surface area contributed by atoms with Crippen molar-refractivity contribution in [2.24, 2.45) is 0 Å². The molecule has 4 rings (SSSR count). The zero-order valence-electron chi connectivity index (χ0n) is 14.8. The Morgan fingerprint density at radius 3 is 2.39 bits per heavy atom. The third-order valence-corrected chi connectivity index (χ3v) is 4.46. The lowest BCUT2D eigenvalue weighted by Gasteiger charge is -2.10. The highest BCUT2D eigenvalue weighted by Gasteiger charge is 2.14. The van der Waals surface area contributed by atoms with Crippen LogP contribution in [0.3, 0.4) is 0 Å². The largest absolute Gasteiger partial charge is 0.478 e. The summed E-state index contributed by atoms with van der Waals surface area (Å²) < 4.78 is 1.87. The first-order chi connectivity index (χ1) is 13.1. The standard InChI is InChI=1S/C22H16N2O3.ClH/c25-21(16-7-9-17(10-8-16)22(26)27)20-6-3-11-24(20)14-15-12-18-4-1-2-5-19(18)23-13-15;/h1-13H,14H2,(H,26,27);1H. The van der Waals surface area contributed by atoms with Crippen LogP contribution >= 0.6 is 12.4 Å². The lowest BCUT2D eigenvalue weighted by Crippen LogP contribution is -2.11. The highest BCUT2D eigenvalue weighted by Crippen LogP contribution is 2.17. The van der Waals surface area contributed by atoms with Gasteiger partial charge in [-0.15, -0.1) is 12.4 Å². The summed E-state index contributed by atoms with van der Waals surface area (Å²) >= 11 is 0. The molecule has 0 spiro atoms.